The molecule has 0 aliphatic carbocycles. The predicted octanol–water partition coefficient (Wildman–Crippen LogP) is 11.8. The summed E-state index contributed by atoms with van der Waals surface area (Å²) in [5.41, 5.74) is 20.8. The minimum Gasteiger partial charge on any atom is -0.507 e. The molecular formula is C68H57N13O5S3. The van der Waals surface area contributed by atoms with Crippen molar-refractivity contribution < 1.29 is 24.6 Å². The number of rotatable bonds is 16. The van der Waals surface area contributed by atoms with E-state index >= 15 is 0 Å². The fourth-order valence-corrected chi connectivity index (χ4v) is 11.8. The Kier molecular flexibility index (Phi) is 19.3. The molecule has 0 saturated carbocycles. The van der Waals surface area contributed by atoms with Crippen LogP contribution in [-0.2, 0) is 14.4 Å². The van der Waals surface area contributed by atoms with Gasteiger partial charge in [0.15, 0.2) is 0 Å². The van der Waals surface area contributed by atoms with Crippen molar-refractivity contribution in [2.45, 2.75) is 18.1 Å². The summed E-state index contributed by atoms with van der Waals surface area (Å²) in [6.07, 6.45) is 4.68. The molecule has 5 heterocycles. The molecule has 21 heteroatoms. The lowest BCUT2D eigenvalue weighted by atomic mass is 10.2. The number of hydrogen-bond donors (Lipinski definition) is 8. The topological polar surface area (TPSA) is 280 Å². The molecule has 3 atom stereocenters. The van der Waals surface area contributed by atoms with Gasteiger partial charge in [-0.25, -0.2) is 15.0 Å². The number of carbonyl (C=O) groups is 3. The van der Waals surface area contributed by atoms with Crippen molar-refractivity contribution in [1.29, 1.82) is 0 Å². The maximum atomic E-state index is 13.2. The molecule has 0 fully saturated rings. The number of nitrogens with two attached hydrogens (primary N) is 2. The number of amidine groups is 1. The number of fused-ring (bicyclic) bond motifs is 3. The number of para-hydroxylation sites is 5. The van der Waals surface area contributed by atoms with Crippen LogP contribution in [0.5, 0.6) is 11.5 Å². The van der Waals surface area contributed by atoms with Gasteiger partial charge in [-0.1, -0.05) is 66.7 Å². The largest absolute Gasteiger partial charge is 0.507 e. The van der Waals surface area contributed by atoms with E-state index in [0.717, 1.165) is 73.7 Å². The number of aromatic hydroxyl groups is 2. The average molecular weight is 1230 g/mol. The minimum atomic E-state index is -0.861. The zero-order chi connectivity index (χ0) is 61.5. The number of anilines is 3. The van der Waals surface area contributed by atoms with Crippen LogP contribution in [0.3, 0.4) is 0 Å². The molecule has 0 spiro atoms. The van der Waals surface area contributed by atoms with Crippen LogP contribution in [0.4, 0.5) is 17.1 Å². The Balaban J connectivity index is 0.000000143. The third kappa shape index (κ3) is 15.5. The number of phenols is 2. The van der Waals surface area contributed by atoms with Crippen molar-refractivity contribution in [2.24, 2.45) is 26.4 Å². The van der Waals surface area contributed by atoms with Gasteiger partial charge in [0.2, 0.25) is 11.8 Å². The van der Waals surface area contributed by atoms with Crippen LogP contribution < -0.4 is 32.7 Å². The molecule has 1 aliphatic rings. The van der Waals surface area contributed by atoms with Crippen molar-refractivity contribution in [1.82, 2.24) is 25.3 Å². The fraction of sp³-hybridized carbons (Fsp3) is 0.0882. The lowest BCUT2D eigenvalue weighted by Gasteiger charge is -2.12. The Morgan fingerprint density at radius 3 is 1.45 bits per heavy atom. The van der Waals surface area contributed by atoms with E-state index in [9.17, 15) is 24.6 Å². The van der Waals surface area contributed by atoms with Crippen LogP contribution in [0.25, 0.3) is 62.4 Å². The van der Waals surface area contributed by atoms with Crippen LogP contribution >= 0.6 is 34.0 Å². The van der Waals surface area contributed by atoms with Crippen LogP contribution in [0.2, 0.25) is 0 Å². The first-order valence-electron chi connectivity index (χ1n) is 28.1. The maximum absolute atomic E-state index is 13.2. The number of nitrogens with one attached hydrogen (secondary N) is 4. The molecule has 13 rings (SSSR count). The molecule has 10 N–H and O–H groups in total. The smallest absolute Gasteiger partial charge is 0.251 e. The number of aliphatic imine (C=N–C) groups is 3. The maximum Gasteiger partial charge on any atom is 0.251 e. The fourth-order valence-electron chi connectivity index (χ4n) is 8.93. The molecular weight excluding hydrogens is 1180 g/mol. The second-order valence-electron chi connectivity index (χ2n) is 20.0. The van der Waals surface area contributed by atoms with Gasteiger partial charge in [0.05, 0.1) is 49.8 Å². The number of thiazole rings is 3. The van der Waals surface area contributed by atoms with Crippen molar-refractivity contribution in [3.05, 3.63) is 235 Å². The van der Waals surface area contributed by atoms with Gasteiger partial charge in [0.25, 0.3) is 5.91 Å². The average Bonchev–Trinajstić information content (AvgIpc) is 4.21. The molecule has 0 saturated heterocycles. The first-order chi connectivity index (χ1) is 43.5. The Hall–Kier alpha value is -10.7. The van der Waals surface area contributed by atoms with Gasteiger partial charge >= 0.3 is 0 Å². The quantitative estimate of drug-likeness (QED) is 0.0419. The minimum absolute atomic E-state index is 0.0497. The Morgan fingerprint density at radius 1 is 0.551 bits per heavy atom. The van der Waals surface area contributed by atoms with Gasteiger partial charge in [0, 0.05) is 70.1 Å². The van der Waals surface area contributed by atoms with Crippen molar-refractivity contribution in [2.75, 3.05) is 35.6 Å². The first kappa shape index (κ1) is 60.0. The number of nitrogens with zero attached hydrogens (tertiary/aromatic N) is 7. The second-order valence-corrected chi connectivity index (χ2v) is 23.1. The highest BCUT2D eigenvalue weighted by molar-refractivity contribution is 7.22. The summed E-state index contributed by atoms with van der Waals surface area (Å²) in [4.78, 5) is 68.8. The molecule has 3 unspecified atom stereocenters. The Morgan fingerprint density at radius 2 is 0.989 bits per heavy atom. The zero-order valence-corrected chi connectivity index (χ0v) is 49.9. The summed E-state index contributed by atoms with van der Waals surface area (Å²) in [7, 11) is 0. The number of carbonyl (C=O) groups excluding carboxylic acids is 3. The molecule has 1 aliphatic heterocycles. The lowest BCUT2D eigenvalue weighted by Crippen LogP contribution is -2.41. The Bertz CT molecular complexity index is 4420. The van der Waals surface area contributed by atoms with E-state index in [1.54, 1.807) is 88.7 Å². The van der Waals surface area contributed by atoms with Crippen LogP contribution in [-0.4, -0.2) is 104 Å². The van der Waals surface area contributed by atoms with Gasteiger partial charge in [0.1, 0.15) is 50.1 Å². The summed E-state index contributed by atoms with van der Waals surface area (Å²) in [6, 6.07) is 64.1. The van der Waals surface area contributed by atoms with Gasteiger partial charge in [-0.05, 0) is 146 Å². The molecule has 0 radical (unpaired) electrons. The monoisotopic (exact) mass is 1230 g/mol. The van der Waals surface area contributed by atoms with Gasteiger partial charge in [-0.3, -0.25) is 34.3 Å². The zero-order valence-electron chi connectivity index (χ0n) is 47.4. The van der Waals surface area contributed by atoms with E-state index in [-0.39, 0.29) is 42.3 Å². The van der Waals surface area contributed by atoms with Crippen LogP contribution in [0.15, 0.2) is 233 Å². The predicted molar refractivity (Wildman–Crippen MR) is 361 cm³/mol. The summed E-state index contributed by atoms with van der Waals surface area (Å²) < 4.78 is 3.44. The highest BCUT2D eigenvalue weighted by atomic mass is 32.1. The summed E-state index contributed by atoms with van der Waals surface area (Å²) in [5, 5.41) is 34.6. The van der Waals surface area contributed by atoms with Gasteiger partial charge < -0.3 is 42.9 Å². The molecule has 442 valence electrons. The molecule has 0 bridgehead atoms. The van der Waals surface area contributed by atoms with E-state index in [1.165, 1.54) is 12.4 Å². The Labute approximate surface area is 523 Å². The van der Waals surface area contributed by atoms with Crippen molar-refractivity contribution >= 4 is 118 Å². The van der Waals surface area contributed by atoms with E-state index in [2.05, 4.69) is 68.3 Å². The molecule has 8 aromatic carbocycles. The number of aromatic nitrogens is 4. The van der Waals surface area contributed by atoms with E-state index in [4.69, 9.17) is 11.5 Å². The van der Waals surface area contributed by atoms with E-state index < -0.39 is 18.1 Å². The number of pyridine rings is 1. The lowest BCUT2D eigenvalue weighted by molar-refractivity contribution is -0.118. The first-order valence-corrected chi connectivity index (χ1v) is 30.5. The van der Waals surface area contributed by atoms with E-state index in [1.807, 2.05) is 152 Å². The third-order valence-electron chi connectivity index (χ3n) is 13.7. The number of hydrogen-bond acceptors (Lipinski definition) is 18. The molecule has 18 nitrogen and oxygen atoms in total. The highest BCUT2D eigenvalue weighted by Gasteiger charge is 2.26. The van der Waals surface area contributed by atoms with Crippen LogP contribution in [0, 0.1) is 0 Å². The SMILES string of the molecule is NCC(N)C(=O)Nc1ccc(-c2nc3ccccc3s2)cc1.O=C(Nc1ccc(-c2nc3ccccc3s2)cc1)C(CN=Cc1ccccc1O)N=Cc1ccccc1O.O=C(Nc1ccc(-c2nc3ccccc3s2)cc1)C1CN=C(c2ccccn2)N1. The number of benzene rings is 8. The van der Waals surface area contributed by atoms with Crippen LogP contribution in [0.1, 0.15) is 16.8 Å². The van der Waals surface area contributed by atoms with Gasteiger partial charge in [-0.15, -0.1) is 34.0 Å². The molecule has 89 heavy (non-hydrogen) atoms. The summed E-state index contributed by atoms with van der Waals surface area (Å²) in [5.74, 6) is 0.0696. The van der Waals surface area contributed by atoms with Gasteiger partial charge in [-0.2, -0.15) is 0 Å². The summed E-state index contributed by atoms with van der Waals surface area (Å²) >= 11 is 4.92. The molecule has 3 amide bonds. The highest BCUT2D eigenvalue weighted by Crippen LogP contribution is 2.33. The van der Waals surface area contributed by atoms with E-state index in [0.29, 0.717) is 34.9 Å². The number of phenolic OH excluding ortho intramolecular Hbond substituents is 2. The third-order valence-corrected chi connectivity index (χ3v) is 17.0. The normalized spacial score (nSPS) is 13.4. The van der Waals surface area contributed by atoms with Crippen molar-refractivity contribution in [3.8, 4) is 43.2 Å². The standard InChI is InChI=1S/C30H24N4O3S.C22H17N5OS.C16H16N4OS/c35-26-10-4-1-7-21(26)17-31-19-25(32-18-22-8-2-5-11-27(22)36)29(37)33-23-15-13-20(14-16-23)30-34-24-9-3-6-12-28(24)38-30;28-21(18-13-24-20(26-18)17-6-3-4-12-23-17)25-15-10-8-14(9-11-15)22-27-16-5-1-2-7-19(16)29-22;17-9-12(18)15(21)19-11-7-5-10(6-8-11)16-20-13-3-1-2-4-14(13)22-16/h1-18,25,35-36H,19H2,(H,33,37);1-12,18H,13H2,(H,24,26)(H,25,28);1-8,12H,9,17-18H2,(H,19,21). The molecule has 4 aromatic heterocycles. The summed E-state index contributed by atoms with van der Waals surface area (Å²) in [6.45, 7) is 0.561. The number of amides is 3. The second kappa shape index (κ2) is 28.7. The molecule has 12 aromatic rings. The van der Waals surface area contributed by atoms with Crippen molar-refractivity contribution in [3.63, 3.8) is 0 Å².